The van der Waals surface area contributed by atoms with Crippen LogP contribution in [0.3, 0.4) is 0 Å². The Kier molecular flexibility index (Phi) is 5.43. The number of anilines is 1. The van der Waals surface area contributed by atoms with E-state index < -0.39 is 23.5 Å². The van der Waals surface area contributed by atoms with Gasteiger partial charge < -0.3 is 5.11 Å². The number of Topliss-reactive ketones (excluding diaryl/α,β-unsaturated/α-hetero) is 1. The summed E-state index contributed by atoms with van der Waals surface area (Å²) in [6, 6.07) is 15.8. The van der Waals surface area contributed by atoms with E-state index in [1.807, 2.05) is 52.0 Å². The number of ketones is 1. The summed E-state index contributed by atoms with van der Waals surface area (Å²) >= 11 is 0. The summed E-state index contributed by atoms with van der Waals surface area (Å²) < 4.78 is 13.7. The average Bonchev–Trinajstić information content (AvgIpc) is 3.02. The summed E-state index contributed by atoms with van der Waals surface area (Å²) in [5, 5.41) is 11.3. The van der Waals surface area contributed by atoms with Crippen molar-refractivity contribution in [3.63, 3.8) is 0 Å². The maximum atomic E-state index is 13.7. The predicted octanol–water partition coefficient (Wildman–Crippen LogP) is 5.69. The van der Waals surface area contributed by atoms with E-state index in [4.69, 9.17) is 0 Å². The van der Waals surface area contributed by atoms with Gasteiger partial charge in [0.1, 0.15) is 11.6 Å². The third-order valence-electron chi connectivity index (χ3n) is 6.05. The number of benzene rings is 3. The number of nitrogens with zero attached hydrogens (tertiary/aromatic N) is 1. The molecule has 0 saturated carbocycles. The summed E-state index contributed by atoms with van der Waals surface area (Å²) in [4.78, 5) is 27.8. The first-order valence-corrected chi connectivity index (χ1v) is 10.4. The maximum Gasteiger partial charge on any atom is 0.300 e. The van der Waals surface area contributed by atoms with Gasteiger partial charge in [-0.05, 0) is 80.3 Å². The van der Waals surface area contributed by atoms with Crippen LogP contribution in [0, 0.1) is 33.5 Å². The summed E-state index contributed by atoms with van der Waals surface area (Å²) in [5.41, 5.74) is 5.29. The SMILES string of the molecule is Cc1ccc(C)c(/C(O)=C2\C(=O)C(=O)N(c3ccc(C)c(C)c3)C2c2ccc(F)cc2)c1. The number of carbonyl (C=O) groups excluding carboxylic acids is 2. The zero-order chi connectivity index (χ0) is 23.2. The van der Waals surface area contributed by atoms with Crippen molar-refractivity contribution in [2.45, 2.75) is 33.7 Å². The van der Waals surface area contributed by atoms with E-state index in [1.165, 1.54) is 29.2 Å². The smallest absolute Gasteiger partial charge is 0.300 e. The van der Waals surface area contributed by atoms with E-state index in [0.29, 0.717) is 16.8 Å². The maximum absolute atomic E-state index is 13.7. The minimum Gasteiger partial charge on any atom is -0.507 e. The monoisotopic (exact) mass is 429 g/mol. The van der Waals surface area contributed by atoms with Crippen LogP contribution in [0.2, 0.25) is 0 Å². The molecule has 4 nitrogen and oxygen atoms in total. The number of halogens is 1. The molecule has 1 heterocycles. The van der Waals surface area contributed by atoms with Crippen LogP contribution in [0.5, 0.6) is 0 Å². The second kappa shape index (κ2) is 8.08. The molecular weight excluding hydrogens is 405 g/mol. The van der Waals surface area contributed by atoms with Crippen molar-refractivity contribution in [1.29, 1.82) is 0 Å². The van der Waals surface area contributed by atoms with Crippen LogP contribution in [0.15, 0.2) is 66.2 Å². The fourth-order valence-electron chi connectivity index (χ4n) is 4.07. The van der Waals surface area contributed by atoms with Gasteiger partial charge in [-0.15, -0.1) is 0 Å². The highest BCUT2D eigenvalue weighted by atomic mass is 19.1. The fraction of sp³-hybridized carbons (Fsp3) is 0.185. The third-order valence-corrected chi connectivity index (χ3v) is 6.05. The number of aliphatic hydroxyl groups is 1. The van der Waals surface area contributed by atoms with Gasteiger partial charge in [0.05, 0.1) is 11.6 Å². The molecule has 1 aliphatic rings. The predicted molar refractivity (Wildman–Crippen MR) is 123 cm³/mol. The van der Waals surface area contributed by atoms with Crippen molar-refractivity contribution in [3.8, 4) is 0 Å². The number of aryl methyl sites for hydroxylation is 4. The lowest BCUT2D eigenvalue weighted by Gasteiger charge is -2.26. The molecule has 1 fully saturated rings. The molecule has 1 unspecified atom stereocenters. The van der Waals surface area contributed by atoms with E-state index in [1.54, 1.807) is 12.1 Å². The van der Waals surface area contributed by atoms with Crippen LogP contribution in [-0.2, 0) is 9.59 Å². The molecule has 162 valence electrons. The van der Waals surface area contributed by atoms with Crippen molar-refractivity contribution in [1.82, 2.24) is 0 Å². The van der Waals surface area contributed by atoms with Crippen LogP contribution >= 0.6 is 0 Å². The highest BCUT2D eigenvalue weighted by molar-refractivity contribution is 6.51. The number of rotatable bonds is 3. The molecular formula is C27H24FNO3. The standard InChI is InChI=1S/C27H24FNO3/c1-15-5-6-17(3)22(13-15)25(30)23-24(19-8-10-20(28)11-9-19)29(27(32)26(23)31)21-12-7-16(2)18(4)14-21/h5-14,24,30H,1-4H3/b25-23+. The largest absolute Gasteiger partial charge is 0.507 e. The fourth-order valence-corrected chi connectivity index (χ4v) is 4.07. The Morgan fingerprint density at radius 3 is 2.16 bits per heavy atom. The van der Waals surface area contributed by atoms with Crippen molar-refractivity contribution in [3.05, 3.63) is 105 Å². The number of hydrogen-bond acceptors (Lipinski definition) is 3. The van der Waals surface area contributed by atoms with E-state index in [0.717, 1.165) is 22.3 Å². The molecule has 0 radical (unpaired) electrons. The van der Waals surface area contributed by atoms with Crippen LogP contribution in [0.1, 0.15) is 39.4 Å². The van der Waals surface area contributed by atoms with Gasteiger partial charge in [-0.25, -0.2) is 4.39 Å². The first kappa shape index (κ1) is 21.5. The molecule has 3 aromatic carbocycles. The lowest BCUT2D eigenvalue weighted by Crippen LogP contribution is -2.29. The van der Waals surface area contributed by atoms with Crippen LogP contribution in [-0.4, -0.2) is 16.8 Å². The summed E-state index contributed by atoms with van der Waals surface area (Å²) in [7, 11) is 0. The van der Waals surface area contributed by atoms with Crippen molar-refractivity contribution in [2.24, 2.45) is 0 Å². The lowest BCUT2D eigenvalue weighted by atomic mass is 9.93. The molecule has 4 rings (SSSR count). The van der Waals surface area contributed by atoms with Crippen LogP contribution < -0.4 is 4.90 Å². The molecule has 1 saturated heterocycles. The Bertz CT molecular complexity index is 1270. The Morgan fingerprint density at radius 1 is 0.844 bits per heavy atom. The Hall–Kier alpha value is -3.73. The average molecular weight is 429 g/mol. The third kappa shape index (κ3) is 3.60. The minimum absolute atomic E-state index is 0.00598. The summed E-state index contributed by atoms with van der Waals surface area (Å²) in [5.74, 6) is -2.15. The molecule has 3 aromatic rings. The van der Waals surface area contributed by atoms with Gasteiger partial charge in [-0.2, -0.15) is 0 Å². The van der Waals surface area contributed by atoms with Crippen molar-refractivity contribution < 1.29 is 19.1 Å². The molecule has 1 atom stereocenters. The Morgan fingerprint density at radius 2 is 1.50 bits per heavy atom. The van der Waals surface area contributed by atoms with E-state index in [9.17, 15) is 19.1 Å². The highest BCUT2D eigenvalue weighted by Gasteiger charge is 2.47. The number of amides is 1. The van der Waals surface area contributed by atoms with E-state index in [-0.39, 0.29) is 11.3 Å². The van der Waals surface area contributed by atoms with Gasteiger partial charge in [0.25, 0.3) is 11.7 Å². The van der Waals surface area contributed by atoms with Crippen molar-refractivity contribution >= 4 is 23.1 Å². The van der Waals surface area contributed by atoms with Crippen LogP contribution in [0.25, 0.3) is 5.76 Å². The number of hydrogen-bond donors (Lipinski definition) is 1. The van der Waals surface area contributed by atoms with Gasteiger partial charge in [0, 0.05) is 11.3 Å². The first-order chi connectivity index (χ1) is 15.2. The van der Waals surface area contributed by atoms with Crippen molar-refractivity contribution in [2.75, 3.05) is 4.90 Å². The molecule has 0 bridgehead atoms. The Balaban J connectivity index is 1.99. The molecule has 0 aliphatic carbocycles. The van der Waals surface area contributed by atoms with Gasteiger partial charge in [-0.1, -0.05) is 35.9 Å². The number of carbonyl (C=O) groups is 2. The zero-order valence-electron chi connectivity index (χ0n) is 18.4. The van der Waals surface area contributed by atoms with E-state index in [2.05, 4.69) is 0 Å². The normalized spacial score (nSPS) is 17.8. The minimum atomic E-state index is -0.877. The second-order valence-electron chi connectivity index (χ2n) is 8.31. The second-order valence-corrected chi connectivity index (χ2v) is 8.31. The quantitative estimate of drug-likeness (QED) is 0.331. The van der Waals surface area contributed by atoms with E-state index >= 15 is 0 Å². The summed E-state index contributed by atoms with van der Waals surface area (Å²) in [6.07, 6.45) is 0. The zero-order valence-corrected chi connectivity index (χ0v) is 18.4. The molecule has 0 aromatic heterocycles. The van der Waals surface area contributed by atoms with Gasteiger partial charge >= 0.3 is 0 Å². The molecule has 0 spiro atoms. The molecule has 5 heteroatoms. The molecule has 1 amide bonds. The van der Waals surface area contributed by atoms with Crippen LogP contribution in [0.4, 0.5) is 10.1 Å². The van der Waals surface area contributed by atoms with Gasteiger partial charge in [0.15, 0.2) is 0 Å². The topological polar surface area (TPSA) is 57.6 Å². The molecule has 32 heavy (non-hydrogen) atoms. The van der Waals surface area contributed by atoms with Gasteiger partial charge in [-0.3, -0.25) is 14.5 Å². The summed E-state index contributed by atoms with van der Waals surface area (Å²) in [6.45, 7) is 7.62. The molecule has 1 N–H and O–H groups in total. The number of aliphatic hydroxyl groups excluding tert-OH is 1. The highest BCUT2D eigenvalue weighted by Crippen LogP contribution is 2.42. The van der Waals surface area contributed by atoms with Gasteiger partial charge in [0.2, 0.25) is 0 Å². The first-order valence-electron chi connectivity index (χ1n) is 10.4. The molecule has 1 aliphatic heterocycles. The lowest BCUT2D eigenvalue weighted by molar-refractivity contribution is -0.132. The Labute approximate surface area is 186 Å².